The van der Waals surface area contributed by atoms with E-state index in [0.717, 1.165) is 18.5 Å². The van der Waals surface area contributed by atoms with Crippen LogP contribution in [0.25, 0.3) is 0 Å². The number of hydrogen-bond acceptors (Lipinski definition) is 3. The first kappa shape index (κ1) is 20.4. The molecule has 6 heteroatoms. The smallest absolute Gasteiger partial charge is 0.322 e. The third kappa shape index (κ3) is 4.33. The fourth-order valence-corrected chi connectivity index (χ4v) is 4.32. The summed E-state index contributed by atoms with van der Waals surface area (Å²) in [4.78, 5) is 28.4. The van der Waals surface area contributed by atoms with E-state index in [4.69, 9.17) is 0 Å². The minimum Gasteiger partial charge on any atom is -0.381 e. The van der Waals surface area contributed by atoms with Crippen molar-refractivity contribution in [2.24, 2.45) is 0 Å². The van der Waals surface area contributed by atoms with Crippen molar-refractivity contribution in [3.05, 3.63) is 65.2 Å². The van der Waals surface area contributed by atoms with Crippen molar-refractivity contribution >= 4 is 17.6 Å². The molecule has 2 N–H and O–H groups in total. The number of aliphatic hydroxyl groups is 1. The van der Waals surface area contributed by atoms with Crippen LogP contribution in [0.15, 0.2) is 48.5 Å². The summed E-state index contributed by atoms with van der Waals surface area (Å²) in [7, 11) is 0. The van der Waals surface area contributed by atoms with E-state index in [0.29, 0.717) is 32.1 Å². The third-order valence-electron chi connectivity index (χ3n) is 6.07. The largest absolute Gasteiger partial charge is 0.381 e. The van der Waals surface area contributed by atoms with E-state index in [1.165, 1.54) is 30.5 Å². The highest BCUT2D eigenvalue weighted by atomic mass is 16.3. The van der Waals surface area contributed by atoms with Crippen molar-refractivity contribution in [2.45, 2.75) is 51.3 Å². The maximum Gasteiger partial charge on any atom is 0.322 e. The summed E-state index contributed by atoms with van der Waals surface area (Å²) in [5.41, 5.74) is 3.10. The molecule has 2 aliphatic heterocycles. The fourth-order valence-electron chi connectivity index (χ4n) is 4.32. The predicted molar refractivity (Wildman–Crippen MR) is 116 cm³/mol. The lowest BCUT2D eigenvalue weighted by Gasteiger charge is -2.35. The van der Waals surface area contributed by atoms with Gasteiger partial charge in [0.15, 0.2) is 0 Å². The third-order valence-corrected chi connectivity index (χ3v) is 6.07. The molecule has 0 aromatic heterocycles. The molecule has 2 heterocycles. The lowest BCUT2D eigenvalue weighted by atomic mass is 9.89. The Morgan fingerprint density at radius 1 is 0.933 bits per heavy atom. The number of anilines is 1. The normalized spacial score (nSPS) is 17.0. The molecule has 30 heavy (non-hydrogen) atoms. The summed E-state index contributed by atoms with van der Waals surface area (Å²) in [6.07, 6.45) is 1.75. The van der Waals surface area contributed by atoms with E-state index in [1.807, 2.05) is 29.2 Å². The molecule has 0 atom stereocenters. The summed E-state index contributed by atoms with van der Waals surface area (Å²) in [6.45, 7) is 5.66. The second-order valence-electron chi connectivity index (χ2n) is 8.80. The van der Waals surface area contributed by atoms with Crippen molar-refractivity contribution in [1.82, 2.24) is 9.80 Å². The van der Waals surface area contributed by atoms with Gasteiger partial charge >= 0.3 is 6.03 Å². The van der Waals surface area contributed by atoms with Crippen LogP contribution in [0.5, 0.6) is 0 Å². The first-order valence-electron chi connectivity index (χ1n) is 10.6. The van der Waals surface area contributed by atoms with Crippen LogP contribution in [0, 0.1) is 0 Å². The minimum absolute atomic E-state index is 0.0858. The number of rotatable bonds is 3. The van der Waals surface area contributed by atoms with Crippen molar-refractivity contribution < 1.29 is 14.7 Å². The van der Waals surface area contributed by atoms with Crippen molar-refractivity contribution in [3.8, 4) is 0 Å². The molecule has 2 aromatic rings. The molecule has 1 saturated heterocycles. The zero-order valence-corrected chi connectivity index (χ0v) is 17.6. The Morgan fingerprint density at radius 2 is 1.50 bits per heavy atom. The maximum atomic E-state index is 12.6. The summed E-state index contributed by atoms with van der Waals surface area (Å²) >= 11 is 0. The van der Waals surface area contributed by atoms with Gasteiger partial charge in [0.05, 0.1) is 0 Å². The molecule has 0 radical (unpaired) electrons. The number of urea groups is 1. The average molecular weight is 408 g/mol. The molecular weight excluding hydrogens is 378 g/mol. The van der Waals surface area contributed by atoms with Gasteiger partial charge in [0.1, 0.15) is 5.60 Å². The molecule has 2 aromatic carbocycles. The number of carbonyl (C=O) groups excluding carboxylic acids is 2. The molecule has 0 aliphatic carbocycles. The number of amides is 3. The van der Waals surface area contributed by atoms with Gasteiger partial charge in [-0.05, 0) is 61.4 Å². The lowest BCUT2D eigenvalue weighted by molar-refractivity contribution is -0.148. The molecule has 2 aliphatic rings. The second-order valence-corrected chi connectivity index (χ2v) is 8.80. The highest BCUT2D eigenvalue weighted by Crippen LogP contribution is 2.30. The van der Waals surface area contributed by atoms with Crippen LogP contribution < -0.4 is 5.32 Å². The molecule has 0 bridgehead atoms. The van der Waals surface area contributed by atoms with Crippen LogP contribution in [-0.2, 0) is 17.9 Å². The first-order chi connectivity index (χ1) is 14.3. The van der Waals surface area contributed by atoms with Gasteiger partial charge in [-0.1, -0.05) is 36.4 Å². The Bertz CT molecular complexity index is 900. The number of hydrogen-bond donors (Lipinski definition) is 2. The Balaban J connectivity index is 1.31. The quantitative estimate of drug-likeness (QED) is 0.815. The first-order valence-corrected chi connectivity index (χ1v) is 10.6. The van der Waals surface area contributed by atoms with Crippen molar-refractivity contribution in [2.75, 3.05) is 18.4 Å². The molecule has 3 amide bonds. The second kappa shape index (κ2) is 8.11. The topological polar surface area (TPSA) is 72.9 Å². The number of nitrogens with one attached hydrogen (secondary N) is 1. The van der Waals surface area contributed by atoms with E-state index in [1.54, 1.807) is 4.90 Å². The molecular formula is C24H29N3O3. The van der Waals surface area contributed by atoms with Gasteiger partial charge in [-0.3, -0.25) is 4.79 Å². The molecule has 6 nitrogen and oxygen atoms in total. The van der Waals surface area contributed by atoms with Crippen LogP contribution in [-0.4, -0.2) is 45.5 Å². The van der Waals surface area contributed by atoms with Crippen molar-refractivity contribution in [3.63, 3.8) is 0 Å². The molecule has 0 saturated carbocycles. The number of carbonyl (C=O) groups is 2. The Kier molecular flexibility index (Phi) is 5.52. The Morgan fingerprint density at radius 3 is 2.03 bits per heavy atom. The molecule has 0 spiro atoms. The zero-order chi connectivity index (χ0) is 21.3. The number of likely N-dealkylation sites (tertiary alicyclic amines) is 1. The van der Waals surface area contributed by atoms with E-state index in [9.17, 15) is 14.7 Å². The highest BCUT2D eigenvalue weighted by molar-refractivity contribution is 5.89. The van der Waals surface area contributed by atoms with Gasteiger partial charge in [-0.15, -0.1) is 0 Å². The fraction of sp³-hybridized carbons (Fsp3) is 0.417. The summed E-state index contributed by atoms with van der Waals surface area (Å²) < 4.78 is 0. The number of fused-ring (bicyclic) bond motifs is 1. The zero-order valence-electron chi connectivity index (χ0n) is 17.6. The SMILES string of the molecule is CC(C)(O)C(=O)N1CCC(c2ccc(NC(=O)N3Cc4ccccc4C3)cc2)CC1. The summed E-state index contributed by atoms with van der Waals surface area (Å²) in [5, 5.41) is 12.9. The minimum atomic E-state index is -1.32. The highest BCUT2D eigenvalue weighted by Gasteiger charge is 2.32. The average Bonchev–Trinajstić information content (AvgIpc) is 3.18. The molecule has 1 fully saturated rings. The molecule has 0 unspecified atom stereocenters. The van der Waals surface area contributed by atoms with Gasteiger partial charge in [-0.2, -0.15) is 0 Å². The maximum absolute atomic E-state index is 12.6. The van der Waals surface area contributed by atoms with Crippen molar-refractivity contribution in [1.29, 1.82) is 0 Å². The van der Waals surface area contributed by atoms with Crippen LogP contribution in [0.4, 0.5) is 10.5 Å². The van der Waals surface area contributed by atoms with E-state index >= 15 is 0 Å². The number of nitrogens with zero attached hydrogens (tertiary/aromatic N) is 2. The van der Waals surface area contributed by atoms with E-state index in [2.05, 4.69) is 29.6 Å². The molecule has 158 valence electrons. The van der Waals surface area contributed by atoms with E-state index < -0.39 is 5.60 Å². The summed E-state index contributed by atoms with van der Waals surface area (Å²) in [5.74, 6) is 0.178. The van der Waals surface area contributed by atoms with Crippen LogP contribution in [0.1, 0.15) is 49.3 Å². The van der Waals surface area contributed by atoms with E-state index in [-0.39, 0.29) is 11.9 Å². The van der Waals surface area contributed by atoms with Crippen LogP contribution in [0.2, 0.25) is 0 Å². The van der Waals surface area contributed by atoms with Gasteiger partial charge in [0.25, 0.3) is 5.91 Å². The van der Waals surface area contributed by atoms with Crippen LogP contribution in [0.3, 0.4) is 0 Å². The number of benzene rings is 2. The van der Waals surface area contributed by atoms with Gasteiger partial charge in [-0.25, -0.2) is 4.79 Å². The monoisotopic (exact) mass is 407 g/mol. The standard InChI is InChI=1S/C24H29N3O3/c1-24(2,30)22(28)26-13-11-18(12-14-26)17-7-9-21(10-8-17)25-23(29)27-15-19-5-3-4-6-20(19)16-27/h3-10,18,30H,11-16H2,1-2H3,(H,25,29). The lowest BCUT2D eigenvalue weighted by Crippen LogP contribution is -2.48. The van der Waals surface area contributed by atoms with Gasteiger partial charge in [0, 0.05) is 31.9 Å². The number of piperidine rings is 1. The van der Waals surface area contributed by atoms with Crippen LogP contribution >= 0.6 is 0 Å². The summed E-state index contributed by atoms with van der Waals surface area (Å²) in [6, 6.07) is 16.1. The Labute approximate surface area is 177 Å². The molecule has 4 rings (SSSR count). The van der Waals surface area contributed by atoms with Gasteiger partial charge in [0.2, 0.25) is 0 Å². The van der Waals surface area contributed by atoms with Gasteiger partial charge < -0.3 is 20.2 Å². The Hall–Kier alpha value is -2.86. The predicted octanol–water partition coefficient (Wildman–Crippen LogP) is 3.71.